The van der Waals surface area contributed by atoms with Crippen LogP contribution in [0, 0.1) is 11.3 Å². The molecule has 218 valence electrons. The van der Waals surface area contributed by atoms with Gasteiger partial charge in [0.25, 0.3) is 0 Å². The van der Waals surface area contributed by atoms with E-state index in [-0.39, 0.29) is 29.6 Å². The lowest BCUT2D eigenvalue weighted by atomic mass is 10.0. The minimum atomic E-state index is -0.751. The van der Waals surface area contributed by atoms with Crippen molar-refractivity contribution in [2.24, 2.45) is 5.92 Å². The molecule has 10 nitrogen and oxygen atoms in total. The molecule has 1 heterocycles. The Hall–Kier alpha value is -3.99. The number of guanidine groups is 1. The Morgan fingerprint density at radius 2 is 1.80 bits per heavy atom. The van der Waals surface area contributed by atoms with Crippen LogP contribution in [0.5, 0.6) is 0 Å². The smallest absolute Gasteiger partial charge is 0.407 e. The number of ketones is 1. The molecule has 0 radical (unpaired) electrons. The summed E-state index contributed by atoms with van der Waals surface area (Å²) in [7, 11) is 0. The number of nitrogens with zero attached hydrogens (tertiary/aromatic N) is 1. The number of carbonyl (C=O) groups is 3. The van der Waals surface area contributed by atoms with Gasteiger partial charge >= 0.3 is 6.09 Å². The number of thiazole rings is 1. The number of ether oxygens (including phenoxy) is 1. The molecule has 1 fully saturated rings. The van der Waals surface area contributed by atoms with E-state index in [2.05, 4.69) is 26.3 Å². The van der Waals surface area contributed by atoms with Crippen molar-refractivity contribution in [3.05, 3.63) is 59.6 Å². The monoisotopic (exact) mass is 578 g/mol. The summed E-state index contributed by atoms with van der Waals surface area (Å²) in [5.41, 5.74) is 0.954. The second-order valence-corrected chi connectivity index (χ2v) is 12.2. The number of nitrogens with one attached hydrogen (secondary N) is 5. The van der Waals surface area contributed by atoms with Crippen molar-refractivity contribution >= 4 is 51.0 Å². The van der Waals surface area contributed by atoms with Crippen LogP contribution >= 0.6 is 11.3 Å². The van der Waals surface area contributed by atoms with Gasteiger partial charge < -0.3 is 26.0 Å². The highest BCUT2D eigenvalue weighted by molar-refractivity contribution is 7.20. The van der Waals surface area contributed by atoms with Crippen LogP contribution in [0.25, 0.3) is 10.2 Å². The van der Waals surface area contributed by atoms with E-state index in [0.29, 0.717) is 43.7 Å². The fourth-order valence-electron chi connectivity index (χ4n) is 4.74. The summed E-state index contributed by atoms with van der Waals surface area (Å²) in [6.07, 6.45) is 2.20. The first-order valence-electron chi connectivity index (χ1n) is 13.9. The molecule has 41 heavy (non-hydrogen) atoms. The molecule has 5 N–H and O–H groups in total. The Kier molecular flexibility index (Phi) is 9.93. The molecular formula is C30H38N6O4S. The minimum absolute atomic E-state index is 0.156. The zero-order chi connectivity index (χ0) is 29.4. The van der Waals surface area contributed by atoms with E-state index in [4.69, 9.17) is 10.1 Å². The molecule has 3 aromatic rings. The minimum Gasteiger partial charge on any atom is -0.444 e. The predicted octanol–water partition coefficient (Wildman–Crippen LogP) is 5.07. The van der Waals surface area contributed by atoms with E-state index in [1.165, 1.54) is 11.3 Å². The molecule has 0 unspecified atom stereocenters. The van der Waals surface area contributed by atoms with E-state index >= 15 is 0 Å². The van der Waals surface area contributed by atoms with Crippen molar-refractivity contribution in [1.29, 1.82) is 5.41 Å². The second-order valence-electron chi connectivity index (χ2n) is 11.2. The maximum atomic E-state index is 13.6. The molecule has 1 aliphatic rings. The number of benzene rings is 2. The number of fused-ring (bicyclic) bond motifs is 1. The highest BCUT2D eigenvalue weighted by Gasteiger charge is 2.34. The van der Waals surface area contributed by atoms with Gasteiger partial charge in [-0.05, 0) is 77.1 Å². The number of Topliss-reactive ketones (excluding diaryl/α,β-unsaturated/α-hetero) is 1. The molecule has 1 aliphatic carbocycles. The van der Waals surface area contributed by atoms with Crippen LogP contribution in [0.2, 0.25) is 0 Å². The topological polar surface area (TPSA) is 145 Å². The average molecular weight is 579 g/mol. The number of amides is 2. The van der Waals surface area contributed by atoms with Gasteiger partial charge in [-0.25, -0.2) is 9.78 Å². The summed E-state index contributed by atoms with van der Waals surface area (Å²) in [5, 5.41) is 20.3. The quantitative estimate of drug-likeness (QED) is 0.0977. The first kappa shape index (κ1) is 30.0. The van der Waals surface area contributed by atoms with Gasteiger partial charge in [0.05, 0.1) is 16.3 Å². The summed E-state index contributed by atoms with van der Waals surface area (Å²) >= 11 is 1.32. The standard InChI is InChI=1S/C30H38N6O4S/c1-30(2,3)40-29(39)34-21-16-15-19(18-21)26(38)35-23(25(37)27-36-22-12-7-8-14-24(22)41-27)13-9-17-32-28(31)33-20-10-5-4-6-11-20/h4-8,10-12,14,19,21,23H,9,13,15-18H2,1-3H3,(H,34,39)(H,35,38)(H3,31,32,33)/t19-,21+,23-/m0/s1. The Balaban J connectivity index is 1.35. The molecule has 1 aromatic heterocycles. The van der Waals surface area contributed by atoms with E-state index in [1.807, 2.05) is 54.6 Å². The van der Waals surface area contributed by atoms with E-state index in [0.717, 1.165) is 15.9 Å². The summed E-state index contributed by atoms with van der Waals surface area (Å²) in [5.74, 6) is -0.589. The lowest BCUT2D eigenvalue weighted by molar-refractivity contribution is -0.125. The molecular weight excluding hydrogens is 540 g/mol. The Labute approximate surface area is 244 Å². The Morgan fingerprint density at radius 3 is 2.54 bits per heavy atom. The predicted molar refractivity (Wildman–Crippen MR) is 161 cm³/mol. The number of anilines is 1. The van der Waals surface area contributed by atoms with E-state index in [1.54, 1.807) is 20.8 Å². The molecule has 0 aliphatic heterocycles. The Morgan fingerprint density at radius 1 is 1.07 bits per heavy atom. The van der Waals surface area contributed by atoms with Gasteiger partial charge in [-0.3, -0.25) is 15.0 Å². The normalized spacial score (nSPS) is 17.4. The second kappa shape index (κ2) is 13.6. The third-order valence-corrected chi connectivity index (χ3v) is 7.73. The number of hydrogen-bond acceptors (Lipinski definition) is 7. The highest BCUT2D eigenvalue weighted by atomic mass is 32.1. The van der Waals surface area contributed by atoms with Gasteiger partial charge in [-0.1, -0.05) is 30.3 Å². The van der Waals surface area contributed by atoms with Crippen LogP contribution in [0.1, 0.15) is 62.7 Å². The fraction of sp³-hybridized carbons (Fsp3) is 0.433. The molecule has 0 saturated heterocycles. The first-order chi connectivity index (χ1) is 19.6. The number of hydrogen-bond donors (Lipinski definition) is 5. The number of alkyl carbamates (subject to hydrolysis) is 1. The molecule has 2 amide bonds. The van der Waals surface area contributed by atoms with Crippen LogP contribution in [-0.4, -0.2) is 53.0 Å². The summed E-state index contributed by atoms with van der Waals surface area (Å²) in [4.78, 5) is 43.5. The van der Waals surface area contributed by atoms with E-state index < -0.39 is 17.7 Å². The van der Waals surface area contributed by atoms with Crippen LogP contribution in [-0.2, 0) is 9.53 Å². The third kappa shape index (κ3) is 9.01. The maximum Gasteiger partial charge on any atom is 0.407 e. The Bertz CT molecular complexity index is 1340. The molecule has 2 aromatic carbocycles. The van der Waals surface area contributed by atoms with Gasteiger partial charge in [0, 0.05) is 24.2 Å². The van der Waals surface area contributed by atoms with Crippen molar-refractivity contribution in [3.8, 4) is 0 Å². The zero-order valence-electron chi connectivity index (χ0n) is 23.7. The lowest BCUT2D eigenvalue weighted by Gasteiger charge is -2.22. The van der Waals surface area contributed by atoms with Crippen LogP contribution in [0.15, 0.2) is 54.6 Å². The van der Waals surface area contributed by atoms with Gasteiger partial charge in [0.2, 0.25) is 11.7 Å². The first-order valence-corrected chi connectivity index (χ1v) is 14.7. The van der Waals surface area contributed by atoms with Crippen molar-refractivity contribution < 1.29 is 19.1 Å². The van der Waals surface area contributed by atoms with Crippen LogP contribution < -0.4 is 21.3 Å². The summed E-state index contributed by atoms with van der Waals surface area (Å²) in [6, 6.07) is 16.1. The van der Waals surface area contributed by atoms with Gasteiger partial charge in [-0.2, -0.15) is 0 Å². The van der Waals surface area contributed by atoms with Crippen molar-refractivity contribution in [1.82, 2.24) is 20.9 Å². The third-order valence-electron chi connectivity index (χ3n) is 6.68. The van der Waals surface area contributed by atoms with Gasteiger partial charge in [0.15, 0.2) is 11.0 Å². The van der Waals surface area contributed by atoms with Crippen molar-refractivity contribution in [2.45, 2.75) is 70.6 Å². The highest BCUT2D eigenvalue weighted by Crippen LogP contribution is 2.27. The summed E-state index contributed by atoms with van der Waals surface area (Å²) in [6.45, 7) is 5.86. The zero-order valence-corrected chi connectivity index (χ0v) is 24.5. The van der Waals surface area contributed by atoms with Gasteiger partial charge in [0.1, 0.15) is 5.60 Å². The molecule has 0 spiro atoms. The van der Waals surface area contributed by atoms with Crippen LogP contribution in [0.4, 0.5) is 10.5 Å². The van der Waals surface area contributed by atoms with Crippen LogP contribution in [0.3, 0.4) is 0 Å². The maximum absolute atomic E-state index is 13.6. The lowest BCUT2D eigenvalue weighted by Crippen LogP contribution is -2.44. The molecule has 4 rings (SSSR count). The average Bonchev–Trinajstić information content (AvgIpc) is 3.56. The summed E-state index contributed by atoms with van der Waals surface area (Å²) < 4.78 is 6.26. The van der Waals surface area contributed by atoms with Crippen molar-refractivity contribution in [2.75, 3.05) is 11.9 Å². The number of aromatic nitrogens is 1. The molecule has 0 bridgehead atoms. The van der Waals surface area contributed by atoms with E-state index in [9.17, 15) is 14.4 Å². The number of carbonyl (C=O) groups excluding carboxylic acids is 3. The molecule has 11 heteroatoms. The SMILES string of the molecule is CC(C)(C)OC(=O)N[C@@H]1CC[C@H](C(=O)N[C@@H](CCCNC(=N)Nc2ccccc2)C(=O)c2nc3ccccc3s2)C1. The largest absolute Gasteiger partial charge is 0.444 e. The number of rotatable bonds is 10. The molecule has 1 saturated carbocycles. The van der Waals surface area contributed by atoms with Crippen molar-refractivity contribution in [3.63, 3.8) is 0 Å². The number of para-hydroxylation sites is 2. The van der Waals surface area contributed by atoms with Gasteiger partial charge in [-0.15, -0.1) is 11.3 Å². The fourth-order valence-corrected chi connectivity index (χ4v) is 5.70. The molecule has 3 atom stereocenters.